The Bertz CT molecular complexity index is 649. The summed E-state index contributed by atoms with van der Waals surface area (Å²) >= 11 is 0. The first-order valence-electron chi connectivity index (χ1n) is 6.85. The molecule has 0 aliphatic carbocycles. The van der Waals surface area contributed by atoms with E-state index in [2.05, 4.69) is 0 Å². The predicted octanol–water partition coefficient (Wildman–Crippen LogP) is 3.06. The Balaban J connectivity index is 2.20. The zero-order valence-corrected chi connectivity index (χ0v) is 12.5. The van der Waals surface area contributed by atoms with Crippen molar-refractivity contribution in [3.05, 3.63) is 53.6 Å². The molecular weight excluding hydrogens is 269 g/mol. The van der Waals surface area contributed by atoms with Gasteiger partial charge >= 0.3 is 0 Å². The lowest BCUT2D eigenvalue weighted by Gasteiger charge is -2.20. The Hall–Kier alpha value is -2.30. The van der Waals surface area contributed by atoms with Gasteiger partial charge in [0.2, 0.25) is 0 Å². The van der Waals surface area contributed by atoms with E-state index in [4.69, 9.17) is 5.73 Å². The Morgan fingerprint density at radius 3 is 2.71 bits per heavy atom. The number of rotatable bonds is 4. The van der Waals surface area contributed by atoms with E-state index >= 15 is 0 Å². The topological polar surface area (TPSA) is 51.3 Å². The van der Waals surface area contributed by atoms with Crippen LogP contribution in [0.1, 0.15) is 35.9 Å². The second-order valence-corrected chi connectivity index (χ2v) is 5.45. The van der Waals surface area contributed by atoms with Gasteiger partial charge in [0, 0.05) is 25.8 Å². The molecule has 1 amide bonds. The van der Waals surface area contributed by atoms with Gasteiger partial charge in [0.1, 0.15) is 11.5 Å². The first kappa shape index (κ1) is 15.1. The van der Waals surface area contributed by atoms with Crippen molar-refractivity contribution >= 4 is 11.6 Å². The van der Waals surface area contributed by atoms with Crippen LogP contribution in [0.3, 0.4) is 0 Å². The van der Waals surface area contributed by atoms with Crippen LogP contribution < -0.4 is 5.73 Å². The Kier molecular flexibility index (Phi) is 4.31. The Labute approximate surface area is 124 Å². The summed E-state index contributed by atoms with van der Waals surface area (Å²) in [6.07, 6.45) is 1.76. The van der Waals surface area contributed by atoms with Gasteiger partial charge in [-0.15, -0.1) is 0 Å². The number of amides is 1. The van der Waals surface area contributed by atoms with Crippen LogP contribution in [0.5, 0.6) is 0 Å². The number of nitrogens with two attached hydrogens (primary N) is 1. The van der Waals surface area contributed by atoms with E-state index in [1.165, 1.54) is 12.1 Å². The number of carbonyl (C=O) groups excluding carboxylic acids is 1. The fourth-order valence-corrected chi connectivity index (χ4v) is 2.28. The van der Waals surface area contributed by atoms with Crippen LogP contribution in [0, 0.1) is 5.82 Å². The number of hydrogen-bond acceptors (Lipinski definition) is 2. The number of benzene rings is 1. The van der Waals surface area contributed by atoms with Gasteiger partial charge < -0.3 is 15.2 Å². The van der Waals surface area contributed by atoms with Crippen molar-refractivity contribution in [3.63, 3.8) is 0 Å². The molecule has 5 heteroatoms. The van der Waals surface area contributed by atoms with E-state index in [1.54, 1.807) is 36.3 Å². The molecule has 0 radical (unpaired) electrons. The smallest absolute Gasteiger partial charge is 0.270 e. The molecule has 0 atom stereocenters. The summed E-state index contributed by atoms with van der Waals surface area (Å²) in [5.74, 6) is -0.437. The minimum absolute atomic E-state index is 0.135. The van der Waals surface area contributed by atoms with E-state index in [9.17, 15) is 9.18 Å². The average molecular weight is 289 g/mol. The zero-order chi connectivity index (χ0) is 15.6. The first-order valence-corrected chi connectivity index (χ1v) is 6.85. The lowest BCUT2D eigenvalue weighted by molar-refractivity contribution is 0.0772. The maximum atomic E-state index is 13.2. The molecule has 0 bridgehead atoms. The van der Waals surface area contributed by atoms with Crippen LogP contribution >= 0.6 is 0 Å². The van der Waals surface area contributed by atoms with Crippen molar-refractivity contribution in [1.29, 1.82) is 0 Å². The Morgan fingerprint density at radius 1 is 1.38 bits per heavy atom. The number of nitrogens with zero attached hydrogens (tertiary/aromatic N) is 2. The van der Waals surface area contributed by atoms with Gasteiger partial charge in [0.05, 0.1) is 5.69 Å². The fourth-order valence-electron chi connectivity index (χ4n) is 2.28. The molecule has 1 aromatic carbocycles. The molecule has 4 nitrogen and oxygen atoms in total. The van der Waals surface area contributed by atoms with Crippen LogP contribution in [0.25, 0.3) is 0 Å². The molecule has 2 rings (SSSR count). The van der Waals surface area contributed by atoms with Gasteiger partial charge in [-0.25, -0.2) is 4.39 Å². The minimum Gasteiger partial charge on any atom is -0.397 e. The number of hydrogen-bond donors (Lipinski definition) is 1. The molecule has 2 aromatic rings. The quantitative estimate of drug-likeness (QED) is 0.940. The van der Waals surface area contributed by atoms with Crippen molar-refractivity contribution in [2.75, 3.05) is 12.8 Å². The van der Waals surface area contributed by atoms with Gasteiger partial charge in [-0.3, -0.25) is 4.79 Å². The second kappa shape index (κ2) is 5.99. The monoisotopic (exact) mass is 289 g/mol. The summed E-state index contributed by atoms with van der Waals surface area (Å²) in [5, 5.41) is 0. The summed E-state index contributed by atoms with van der Waals surface area (Å²) in [5.41, 5.74) is 7.64. The molecule has 0 fully saturated rings. The molecule has 1 heterocycles. The summed E-state index contributed by atoms with van der Waals surface area (Å²) in [6.45, 7) is 4.32. The number of carbonyl (C=O) groups is 1. The fraction of sp³-hybridized carbons (Fsp3) is 0.312. The third-order valence-electron chi connectivity index (χ3n) is 3.30. The molecular formula is C16H20FN3O. The van der Waals surface area contributed by atoms with Crippen LogP contribution in [0.4, 0.5) is 10.1 Å². The number of nitrogen functional groups attached to an aromatic ring is 1. The highest BCUT2D eigenvalue weighted by Crippen LogP contribution is 2.18. The second-order valence-electron chi connectivity index (χ2n) is 5.45. The van der Waals surface area contributed by atoms with E-state index in [0.29, 0.717) is 17.9 Å². The summed E-state index contributed by atoms with van der Waals surface area (Å²) < 4.78 is 15.0. The van der Waals surface area contributed by atoms with E-state index in [1.807, 2.05) is 18.4 Å². The molecule has 112 valence electrons. The highest BCUT2D eigenvalue weighted by Gasteiger charge is 2.18. The predicted molar refractivity (Wildman–Crippen MR) is 81.4 cm³/mol. The number of halogens is 1. The maximum absolute atomic E-state index is 13.2. The van der Waals surface area contributed by atoms with Crippen molar-refractivity contribution in [3.8, 4) is 0 Å². The first-order chi connectivity index (χ1) is 9.88. The SMILES string of the molecule is CC(C)n1cc(N)cc1C(=O)N(C)Cc1cccc(F)c1. The molecule has 1 aromatic heterocycles. The lowest BCUT2D eigenvalue weighted by Crippen LogP contribution is -2.28. The molecule has 2 N–H and O–H groups in total. The maximum Gasteiger partial charge on any atom is 0.270 e. The lowest BCUT2D eigenvalue weighted by atomic mass is 10.2. The summed E-state index contributed by atoms with van der Waals surface area (Å²) in [7, 11) is 1.70. The molecule has 21 heavy (non-hydrogen) atoms. The third kappa shape index (κ3) is 3.42. The Morgan fingerprint density at radius 2 is 2.10 bits per heavy atom. The number of aromatic nitrogens is 1. The van der Waals surface area contributed by atoms with Gasteiger partial charge in [-0.2, -0.15) is 0 Å². The van der Waals surface area contributed by atoms with Crippen LogP contribution in [-0.2, 0) is 6.54 Å². The van der Waals surface area contributed by atoms with Crippen molar-refractivity contribution < 1.29 is 9.18 Å². The molecule has 0 unspecified atom stereocenters. The highest BCUT2D eigenvalue weighted by atomic mass is 19.1. The van der Waals surface area contributed by atoms with Gasteiger partial charge in [0.25, 0.3) is 5.91 Å². The normalized spacial score (nSPS) is 10.9. The van der Waals surface area contributed by atoms with Gasteiger partial charge in [-0.05, 0) is 37.6 Å². The van der Waals surface area contributed by atoms with Crippen molar-refractivity contribution in [2.24, 2.45) is 0 Å². The minimum atomic E-state index is -0.303. The largest absolute Gasteiger partial charge is 0.397 e. The van der Waals surface area contributed by atoms with E-state index in [-0.39, 0.29) is 17.8 Å². The van der Waals surface area contributed by atoms with Crippen LogP contribution in [-0.4, -0.2) is 22.4 Å². The standard InChI is InChI=1S/C16H20FN3O/c1-11(2)20-10-14(18)8-15(20)16(21)19(3)9-12-5-4-6-13(17)7-12/h4-8,10-11H,9,18H2,1-3H3. The summed E-state index contributed by atoms with van der Waals surface area (Å²) in [6, 6.07) is 8.06. The molecule has 0 aliphatic rings. The van der Waals surface area contributed by atoms with Crippen molar-refractivity contribution in [1.82, 2.24) is 9.47 Å². The molecule has 0 saturated heterocycles. The molecule has 0 aliphatic heterocycles. The van der Waals surface area contributed by atoms with Gasteiger partial charge in [-0.1, -0.05) is 12.1 Å². The van der Waals surface area contributed by atoms with Crippen LogP contribution in [0.2, 0.25) is 0 Å². The van der Waals surface area contributed by atoms with Gasteiger partial charge in [0.15, 0.2) is 0 Å². The number of anilines is 1. The van der Waals surface area contributed by atoms with E-state index in [0.717, 1.165) is 5.56 Å². The molecule has 0 saturated carbocycles. The van der Waals surface area contributed by atoms with Crippen LogP contribution in [0.15, 0.2) is 36.5 Å². The zero-order valence-electron chi connectivity index (χ0n) is 12.5. The summed E-state index contributed by atoms with van der Waals surface area (Å²) in [4.78, 5) is 14.1. The average Bonchev–Trinajstić information content (AvgIpc) is 2.80. The van der Waals surface area contributed by atoms with Crippen molar-refractivity contribution in [2.45, 2.75) is 26.4 Å². The van der Waals surface area contributed by atoms with E-state index < -0.39 is 0 Å². The highest BCUT2D eigenvalue weighted by molar-refractivity contribution is 5.93. The molecule has 0 spiro atoms. The third-order valence-corrected chi connectivity index (χ3v) is 3.30.